The molecule has 0 bridgehead atoms. The van der Waals surface area contributed by atoms with Gasteiger partial charge < -0.3 is 19.5 Å². The van der Waals surface area contributed by atoms with Crippen molar-refractivity contribution in [3.8, 4) is 5.75 Å². The average Bonchev–Trinajstić information content (AvgIpc) is 3.46. The molecule has 8 nitrogen and oxygen atoms in total. The van der Waals surface area contributed by atoms with E-state index < -0.39 is 0 Å². The van der Waals surface area contributed by atoms with Gasteiger partial charge >= 0.3 is 5.69 Å². The van der Waals surface area contributed by atoms with E-state index in [9.17, 15) is 14.4 Å². The van der Waals surface area contributed by atoms with Gasteiger partial charge in [0.15, 0.2) is 0 Å². The highest BCUT2D eigenvalue weighted by Gasteiger charge is 2.32. The molecule has 3 fully saturated rings. The van der Waals surface area contributed by atoms with E-state index in [2.05, 4.69) is 16.5 Å². The van der Waals surface area contributed by atoms with Crippen molar-refractivity contribution in [1.29, 1.82) is 0 Å². The summed E-state index contributed by atoms with van der Waals surface area (Å²) in [5.41, 5.74) is 1.12. The maximum Gasteiger partial charge on any atom is 0.328 e. The highest BCUT2D eigenvalue weighted by atomic mass is 16.5. The maximum atomic E-state index is 13.2. The standard InChI is InChI=1S/C28H38N4O4/c1-19(21-5-3-4-6-21)30-13-15-31(16-14-30)26(33)22-9-7-20(8-10-22)18-32-27(34)24-17-23(36-2)11-12-25(24)29-28(32)35/h11-12,17,20-22H,1,3-10,13-16,18H2,2H3,(H,29,35)/t20-,22-. The first-order chi connectivity index (χ1) is 17.4. The number of amides is 1. The number of methoxy groups -OCH3 is 1. The maximum absolute atomic E-state index is 13.2. The summed E-state index contributed by atoms with van der Waals surface area (Å²) in [5.74, 6) is 1.74. The van der Waals surface area contributed by atoms with Crippen LogP contribution in [0.4, 0.5) is 0 Å². The molecule has 2 aromatic rings. The summed E-state index contributed by atoms with van der Waals surface area (Å²) in [7, 11) is 1.55. The van der Waals surface area contributed by atoms with E-state index in [1.807, 2.05) is 4.90 Å². The molecule has 3 aliphatic rings. The Morgan fingerprint density at radius 3 is 2.31 bits per heavy atom. The zero-order valence-electron chi connectivity index (χ0n) is 21.3. The first-order valence-corrected chi connectivity index (χ1v) is 13.5. The number of benzene rings is 1. The van der Waals surface area contributed by atoms with Gasteiger partial charge in [0.1, 0.15) is 5.75 Å². The summed E-state index contributed by atoms with van der Waals surface area (Å²) >= 11 is 0. The fourth-order valence-electron chi connectivity index (χ4n) is 6.36. The molecule has 0 unspecified atom stereocenters. The molecule has 0 atom stereocenters. The number of rotatable bonds is 6. The van der Waals surface area contributed by atoms with Crippen molar-refractivity contribution < 1.29 is 9.53 Å². The van der Waals surface area contributed by atoms with Crippen LogP contribution < -0.4 is 16.0 Å². The van der Waals surface area contributed by atoms with Gasteiger partial charge in [-0.15, -0.1) is 0 Å². The Morgan fingerprint density at radius 1 is 0.972 bits per heavy atom. The molecule has 2 heterocycles. The van der Waals surface area contributed by atoms with Gasteiger partial charge in [-0.25, -0.2) is 4.79 Å². The molecule has 8 heteroatoms. The van der Waals surface area contributed by atoms with Crippen molar-refractivity contribution in [1.82, 2.24) is 19.4 Å². The van der Waals surface area contributed by atoms with Gasteiger partial charge in [0.2, 0.25) is 5.91 Å². The van der Waals surface area contributed by atoms with Crippen LogP contribution in [-0.4, -0.2) is 58.5 Å². The second-order valence-corrected chi connectivity index (χ2v) is 10.8. The summed E-state index contributed by atoms with van der Waals surface area (Å²) in [6.07, 6.45) is 8.44. The first-order valence-electron chi connectivity index (χ1n) is 13.5. The molecule has 1 saturated heterocycles. The molecule has 1 aliphatic heterocycles. The zero-order valence-corrected chi connectivity index (χ0v) is 21.3. The van der Waals surface area contributed by atoms with Crippen molar-refractivity contribution in [2.45, 2.75) is 57.9 Å². The second-order valence-electron chi connectivity index (χ2n) is 10.8. The fraction of sp³-hybridized carbons (Fsp3) is 0.607. The Kier molecular flexibility index (Phi) is 7.21. The molecule has 2 saturated carbocycles. The number of carbonyl (C=O) groups excluding carboxylic acids is 1. The van der Waals surface area contributed by atoms with Crippen molar-refractivity contribution in [3.05, 3.63) is 51.3 Å². The van der Waals surface area contributed by atoms with Crippen LogP contribution in [0.15, 0.2) is 40.1 Å². The van der Waals surface area contributed by atoms with Crippen LogP contribution in [-0.2, 0) is 11.3 Å². The van der Waals surface area contributed by atoms with Gasteiger partial charge in [0.05, 0.1) is 18.0 Å². The third-order valence-electron chi connectivity index (χ3n) is 8.65. The first kappa shape index (κ1) is 24.7. The van der Waals surface area contributed by atoms with E-state index in [0.29, 0.717) is 29.1 Å². The number of hydrogen-bond donors (Lipinski definition) is 1. The number of allylic oxidation sites excluding steroid dienone is 1. The molecular weight excluding hydrogens is 456 g/mol. The number of carbonyl (C=O) groups is 1. The molecule has 1 amide bonds. The van der Waals surface area contributed by atoms with Crippen LogP contribution in [0.2, 0.25) is 0 Å². The molecule has 5 rings (SSSR count). The number of aromatic nitrogens is 2. The molecule has 0 radical (unpaired) electrons. The SMILES string of the molecule is C=C(C1CCCC1)N1CCN(C(=O)[C@H]2CC[C@H](Cn3c(=O)[nH]c4ccc(OC)cc4c3=O)CC2)CC1. The average molecular weight is 495 g/mol. The predicted octanol–water partition coefficient (Wildman–Crippen LogP) is 3.35. The molecule has 2 aliphatic carbocycles. The Morgan fingerprint density at radius 2 is 1.64 bits per heavy atom. The Balaban J connectivity index is 1.15. The summed E-state index contributed by atoms with van der Waals surface area (Å²) in [6.45, 7) is 8.06. The van der Waals surface area contributed by atoms with Crippen LogP contribution in [0, 0.1) is 17.8 Å². The Bertz CT molecular complexity index is 1230. The number of fused-ring (bicyclic) bond motifs is 1. The largest absolute Gasteiger partial charge is 0.497 e. The molecule has 36 heavy (non-hydrogen) atoms. The summed E-state index contributed by atoms with van der Waals surface area (Å²) in [4.78, 5) is 46.1. The normalized spacial score (nSPS) is 23.2. The van der Waals surface area contributed by atoms with E-state index in [0.717, 1.165) is 51.9 Å². The minimum Gasteiger partial charge on any atom is -0.497 e. The van der Waals surface area contributed by atoms with Gasteiger partial charge in [-0.2, -0.15) is 0 Å². The number of aromatic amines is 1. The van der Waals surface area contributed by atoms with Gasteiger partial charge in [0, 0.05) is 44.3 Å². The third-order valence-corrected chi connectivity index (χ3v) is 8.65. The molecule has 1 aromatic carbocycles. The minimum absolute atomic E-state index is 0.0432. The lowest BCUT2D eigenvalue weighted by atomic mass is 9.81. The van der Waals surface area contributed by atoms with Crippen LogP contribution in [0.1, 0.15) is 51.4 Å². The number of hydrogen-bond acceptors (Lipinski definition) is 5. The second kappa shape index (κ2) is 10.5. The van der Waals surface area contributed by atoms with E-state index in [1.54, 1.807) is 25.3 Å². The number of piperazine rings is 1. The van der Waals surface area contributed by atoms with Crippen LogP contribution in [0.25, 0.3) is 10.9 Å². The van der Waals surface area contributed by atoms with Crippen molar-refractivity contribution >= 4 is 16.8 Å². The van der Waals surface area contributed by atoms with Crippen LogP contribution >= 0.6 is 0 Å². The zero-order chi connectivity index (χ0) is 25.2. The van der Waals surface area contributed by atoms with E-state index in [-0.39, 0.29) is 29.0 Å². The van der Waals surface area contributed by atoms with Gasteiger partial charge in [-0.05, 0) is 68.6 Å². The Hall–Kier alpha value is -3.03. The monoisotopic (exact) mass is 494 g/mol. The van der Waals surface area contributed by atoms with Crippen molar-refractivity contribution in [3.63, 3.8) is 0 Å². The van der Waals surface area contributed by atoms with E-state index >= 15 is 0 Å². The summed E-state index contributed by atoms with van der Waals surface area (Å²) in [6, 6.07) is 5.09. The van der Waals surface area contributed by atoms with Crippen LogP contribution in [0.3, 0.4) is 0 Å². The molecular formula is C28H38N4O4. The number of nitrogens with one attached hydrogen (secondary N) is 1. The molecule has 0 spiro atoms. The number of ether oxygens (including phenoxy) is 1. The summed E-state index contributed by atoms with van der Waals surface area (Å²) in [5, 5.41) is 0.451. The topological polar surface area (TPSA) is 87.6 Å². The third kappa shape index (κ3) is 4.95. The predicted molar refractivity (Wildman–Crippen MR) is 140 cm³/mol. The van der Waals surface area contributed by atoms with Gasteiger partial charge in [0.25, 0.3) is 5.56 Å². The highest BCUT2D eigenvalue weighted by molar-refractivity contribution is 5.79. The smallest absolute Gasteiger partial charge is 0.328 e. The van der Waals surface area contributed by atoms with Crippen molar-refractivity contribution in [2.24, 2.45) is 17.8 Å². The lowest BCUT2D eigenvalue weighted by Crippen LogP contribution is -2.50. The fourth-order valence-corrected chi connectivity index (χ4v) is 6.36. The van der Waals surface area contributed by atoms with Crippen molar-refractivity contribution in [2.75, 3.05) is 33.3 Å². The van der Waals surface area contributed by atoms with E-state index in [4.69, 9.17) is 4.74 Å². The highest BCUT2D eigenvalue weighted by Crippen LogP contribution is 2.33. The Labute approximate surface area is 211 Å². The lowest BCUT2D eigenvalue weighted by Gasteiger charge is -2.40. The molecule has 1 N–H and O–H groups in total. The van der Waals surface area contributed by atoms with Crippen LogP contribution in [0.5, 0.6) is 5.75 Å². The number of H-pyrrole nitrogens is 1. The molecule has 1 aromatic heterocycles. The van der Waals surface area contributed by atoms with Gasteiger partial charge in [-0.3, -0.25) is 14.2 Å². The van der Waals surface area contributed by atoms with E-state index in [1.165, 1.54) is 35.9 Å². The quantitative estimate of drug-likeness (QED) is 0.666. The lowest BCUT2D eigenvalue weighted by molar-refractivity contribution is -0.138. The minimum atomic E-state index is -0.382. The summed E-state index contributed by atoms with van der Waals surface area (Å²) < 4.78 is 6.55. The van der Waals surface area contributed by atoms with Gasteiger partial charge in [-0.1, -0.05) is 19.4 Å². The number of nitrogens with zero attached hydrogens (tertiary/aromatic N) is 3. The molecule has 194 valence electrons.